The number of benzene rings is 2. The first-order valence-electron chi connectivity index (χ1n) is 10.4. The van der Waals surface area contributed by atoms with Gasteiger partial charge in [0, 0.05) is 36.5 Å². The van der Waals surface area contributed by atoms with Crippen LogP contribution in [0.2, 0.25) is 5.02 Å². The van der Waals surface area contributed by atoms with Crippen LogP contribution < -0.4 is 9.47 Å². The van der Waals surface area contributed by atoms with E-state index in [9.17, 15) is 4.79 Å². The molecule has 1 fully saturated rings. The fourth-order valence-electron chi connectivity index (χ4n) is 3.26. The molecule has 2 aromatic rings. The van der Waals surface area contributed by atoms with Crippen molar-refractivity contribution < 1.29 is 28.8 Å². The number of nitrogens with zero attached hydrogens (tertiary/aromatic N) is 1. The number of hydrogen-bond acceptors (Lipinski definition) is 7. The van der Waals surface area contributed by atoms with E-state index in [0.29, 0.717) is 24.0 Å². The number of morpholine rings is 1. The molecule has 174 valence electrons. The van der Waals surface area contributed by atoms with Crippen molar-refractivity contribution in [3.8, 4) is 11.5 Å². The molecule has 0 atom stereocenters. The molecule has 3 rings (SSSR count). The van der Waals surface area contributed by atoms with Crippen LogP contribution in [-0.2, 0) is 20.9 Å². The highest BCUT2D eigenvalue weighted by molar-refractivity contribution is 7.99. The summed E-state index contributed by atoms with van der Waals surface area (Å²) < 4.78 is 21.9. The number of aliphatic carboxylic acids is 1. The molecule has 0 aromatic heterocycles. The van der Waals surface area contributed by atoms with E-state index in [2.05, 4.69) is 11.0 Å². The van der Waals surface area contributed by atoms with Gasteiger partial charge in [-0.15, -0.1) is 0 Å². The van der Waals surface area contributed by atoms with Crippen LogP contribution in [0.1, 0.15) is 12.0 Å². The Kier molecular flexibility index (Phi) is 9.95. The minimum Gasteiger partial charge on any atom is -0.493 e. The highest BCUT2D eigenvalue weighted by atomic mass is 35.5. The Balaban J connectivity index is 1.60. The number of methoxy groups -OCH3 is 1. The molecule has 1 N–H and O–H groups in total. The van der Waals surface area contributed by atoms with Crippen LogP contribution in [0.25, 0.3) is 0 Å². The van der Waals surface area contributed by atoms with Crippen molar-refractivity contribution in [3.63, 3.8) is 0 Å². The lowest BCUT2D eigenvalue weighted by Gasteiger charge is -2.26. The lowest BCUT2D eigenvalue weighted by Crippen LogP contribution is -2.37. The minimum absolute atomic E-state index is 0.343. The standard InChI is InChI=1S/C23H28ClNO6S/c1-28-15-17-11-18(30-8-2-5-25-6-9-29-10-7-25)13-20(12-17)32-19-3-4-22(21(24)14-19)31-16-23(26)27/h3-4,11-14H,2,5-10,15-16H2,1H3,(H,26,27). The second kappa shape index (κ2) is 12.9. The average Bonchev–Trinajstić information content (AvgIpc) is 2.77. The van der Waals surface area contributed by atoms with Crippen molar-refractivity contribution in [1.29, 1.82) is 0 Å². The molecule has 0 saturated carbocycles. The van der Waals surface area contributed by atoms with Gasteiger partial charge in [0.15, 0.2) is 6.61 Å². The summed E-state index contributed by atoms with van der Waals surface area (Å²) in [5.74, 6) is 0.0966. The Morgan fingerprint density at radius 2 is 1.97 bits per heavy atom. The molecular weight excluding hydrogens is 454 g/mol. The number of carboxylic acids is 1. The quantitative estimate of drug-likeness (QED) is 0.452. The Morgan fingerprint density at radius 1 is 1.16 bits per heavy atom. The molecule has 32 heavy (non-hydrogen) atoms. The topological polar surface area (TPSA) is 77.5 Å². The molecule has 9 heteroatoms. The summed E-state index contributed by atoms with van der Waals surface area (Å²) >= 11 is 7.79. The van der Waals surface area contributed by atoms with Gasteiger partial charge in [-0.05, 0) is 48.4 Å². The van der Waals surface area contributed by atoms with Crippen LogP contribution in [0, 0.1) is 0 Å². The van der Waals surface area contributed by atoms with Gasteiger partial charge in [0.05, 0.1) is 31.5 Å². The van der Waals surface area contributed by atoms with Crippen molar-refractivity contribution in [1.82, 2.24) is 4.90 Å². The van der Waals surface area contributed by atoms with Gasteiger partial charge in [-0.25, -0.2) is 4.79 Å². The Morgan fingerprint density at radius 3 is 2.69 bits per heavy atom. The molecule has 1 aliphatic heterocycles. The molecular formula is C23H28ClNO6S. The fraction of sp³-hybridized carbons (Fsp3) is 0.435. The van der Waals surface area contributed by atoms with E-state index in [1.54, 1.807) is 19.2 Å². The number of hydrogen-bond donors (Lipinski definition) is 1. The molecule has 0 spiro atoms. The van der Waals surface area contributed by atoms with Crippen LogP contribution in [0.4, 0.5) is 0 Å². The first-order valence-corrected chi connectivity index (χ1v) is 11.6. The molecule has 0 unspecified atom stereocenters. The predicted octanol–water partition coefficient (Wildman–Crippen LogP) is 4.20. The van der Waals surface area contributed by atoms with E-state index in [-0.39, 0.29) is 0 Å². The zero-order chi connectivity index (χ0) is 22.8. The van der Waals surface area contributed by atoms with Crippen LogP contribution >= 0.6 is 23.4 Å². The van der Waals surface area contributed by atoms with Gasteiger partial charge in [-0.3, -0.25) is 4.90 Å². The van der Waals surface area contributed by atoms with Crippen molar-refractivity contribution in [2.75, 3.05) is 53.2 Å². The fourth-order valence-corrected chi connectivity index (χ4v) is 4.53. The largest absolute Gasteiger partial charge is 0.493 e. The van der Waals surface area contributed by atoms with Crippen LogP contribution in [0.15, 0.2) is 46.2 Å². The van der Waals surface area contributed by atoms with Gasteiger partial charge in [-0.2, -0.15) is 0 Å². The zero-order valence-corrected chi connectivity index (χ0v) is 19.6. The monoisotopic (exact) mass is 481 g/mol. The maximum Gasteiger partial charge on any atom is 0.341 e. The minimum atomic E-state index is -1.05. The van der Waals surface area contributed by atoms with E-state index in [1.807, 2.05) is 18.2 Å². The molecule has 0 radical (unpaired) electrons. The van der Waals surface area contributed by atoms with E-state index in [1.165, 1.54) is 11.8 Å². The molecule has 0 bridgehead atoms. The Hall–Kier alpha value is -1.97. The van der Waals surface area contributed by atoms with E-state index in [0.717, 1.165) is 60.4 Å². The van der Waals surface area contributed by atoms with Crippen LogP contribution in [0.5, 0.6) is 11.5 Å². The third-order valence-corrected chi connectivity index (χ3v) is 5.99. The molecule has 1 aliphatic rings. The third-order valence-electron chi connectivity index (χ3n) is 4.73. The highest BCUT2D eigenvalue weighted by Crippen LogP contribution is 2.36. The number of carboxylic acid groups (broad SMARTS) is 1. The highest BCUT2D eigenvalue weighted by Gasteiger charge is 2.11. The summed E-state index contributed by atoms with van der Waals surface area (Å²) in [6.07, 6.45) is 0.949. The summed E-state index contributed by atoms with van der Waals surface area (Å²) in [6, 6.07) is 11.3. The third kappa shape index (κ3) is 8.18. The lowest BCUT2D eigenvalue weighted by molar-refractivity contribution is -0.139. The van der Waals surface area contributed by atoms with Crippen molar-refractivity contribution in [2.24, 2.45) is 0 Å². The summed E-state index contributed by atoms with van der Waals surface area (Å²) in [5.41, 5.74) is 1.02. The summed E-state index contributed by atoms with van der Waals surface area (Å²) in [5, 5.41) is 9.12. The molecule has 1 saturated heterocycles. The first kappa shape index (κ1) is 24.7. The van der Waals surface area contributed by atoms with Crippen molar-refractivity contribution in [2.45, 2.75) is 22.8 Å². The molecule has 1 heterocycles. The maximum absolute atomic E-state index is 10.7. The number of ether oxygens (including phenoxy) is 4. The Bertz CT molecular complexity index is 891. The second-order valence-electron chi connectivity index (χ2n) is 7.28. The van der Waals surface area contributed by atoms with Gasteiger partial charge in [-0.1, -0.05) is 23.4 Å². The number of halogens is 1. The summed E-state index contributed by atoms with van der Waals surface area (Å²) in [7, 11) is 1.66. The molecule has 0 aliphatic carbocycles. The second-order valence-corrected chi connectivity index (χ2v) is 8.83. The molecule has 0 amide bonds. The molecule has 2 aromatic carbocycles. The smallest absolute Gasteiger partial charge is 0.341 e. The SMILES string of the molecule is COCc1cc(OCCCN2CCOCC2)cc(Sc2ccc(OCC(=O)O)c(Cl)c2)c1. The number of carbonyl (C=O) groups is 1. The summed E-state index contributed by atoms with van der Waals surface area (Å²) in [6.45, 7) is 5.25. The summed E-state index contributed by atoms with van der Waals surface area (Å²) in [4.78, 5) is 15.0. The van der Waals surface area contributed by atoms with E-state index < -0.39 is 12.6 Å². The van der Waals surface area contributed by atoms with Gasteiger partial charge >= 0.3 is 5.97 Å². The first-order chi connectivity index (χ1) is 15.5. The zero-order valence-electron chi connectivity index (χ0n) is 18.0. The van der Waals surface area contributed by atoms with Gasteiger partial charge in [0.1, 0.15) is 11.5 Å². The maximum atomic E-state index is 10.7. The van der Waals surface area contributed by atoms with Crippen molar-refractivity contribution >= 4 is 29.3 Å². The Labute approximate surface area is 197 Å². The predicted molar refractivity (Wildman–Crippen MR) is 123 cm³/mol. The van der Waals surface area contributed by atoms with Crippen LogP contribution in [-0.4, -0.2) is 69.1 Å². The number of rotatable bonds is 12. The van der Waals surface area contributed by atoms with E-state index >= 15 is 0 Å². The molecule has 7 nitrogen and oxygen atoms in total. The lowest BCUT2D eigenvalue weighted by atomic mass is 10.2. The van der Waals surface area contributed by atoms with Crippen LogP contribution in [0.3, 0.4) is 0 Å². The van der Waals surface area contributed by atoms with Gasteiger partial charge in [0.25, 0.3) is 0 Å². The van der Waals surface area contributed by atoms with Crippen molar-refractivity contribution in [3.05, 3.63) is 47.0 Å². The van der Waals surface area contributed by atoms with E-state index in [4.69, 9.17) is 35.7 Å². The average molecular weight is 482 g/mol. The van der Waals surface area contributed by atoms with Gasteiger partial charge < -0.3 is 24.1 Å². The van der Waals surface area contributed by atoms with Gasteiger partial charge in [0.2, 0.25) is 0 Å². The normalized spacial score (nSPS) is 14.3.